The summed E-state index contributed by atoms with van der Waals surface area (Å²) in [6.45, 7) is 5.05. The lowest BCUT2D eigenvalue weighted by molar-refractivity contribution is -0.120. The minimum absolute atomic E-state index is 0.0214. The number of thioether (sulfide) groups is 1. The second-order valence-electron chi connectivity index (χ2n) is 4.72. The van der Waals surface area contributed by atoms with Crippen LogP contribution in [0.4, 0.5) is 5.13 Å². The van der Waals surface area contributed by atoms with Gasteiger partial charge in [-0.1, -0.05) is 36.4 Å². The van der Waals surface area contributed by atoms with Crippen molar-refractivity contribution in [3.8, 4) is 0 Å². The van der Waals surface area contributed by atoms with Gasteiger partial charge in [0.15, 0.2) is 4.34 Å². The van der Waals surface area contributed by atoms with Crippen molar-refractivity contribution in [2.24, 2.45) is 0 Å². The summed E-state index contributed by atoms with van der Waals surface area (Å²) in [4.78, 5) is 11.9. The minimum atomic E-state index is -0.0214. The quantitative estimate of drug-likeness (QED) is 0.874. The highest BCUT2D eigenvalue weighted by Crippen LogP contribution is 2.32. The number of carbonyl (C=O) groups is 1. The Balaban J connectivity index is 1.93. The average molecular weight is 300 g/mol. The van der Waals surface area contributed by atoms with Crippen LogP contribution < -0.4 is 10.6 Å². The lowest BCUT2D eigenvalue weighted by atomic mass is 10.2. The molecule has 0 unspecified atom stereocenters. The van der Waals surface area contributed by atoms with Gasteiger partial charge in [0.2, 0.25) is 11.0 Å². The van der Waals surface area contributed by atoms with Crippen LogP contribution in [0.2, 0.25) is 0 Å². The summed E-state index contributed by atoms with van der Waals surface area (Å²) in [7, 11) is 0. The van der Waals surface area contributed by atoms with Crippen molar-refractivity contribution < 1.29 is 4.79 Å². The Kier molecular flexibility index (Phi) is 5.45. The van der Waals surface area contributed by atoms with Crippen LogP contribution in [-0.4, -0.2) is 33.9 Å². The van der Waals surface area contributed by atoms with Crippen molar-refractivity contribution in [2.75, 3.05) is 11.9 Å². The molecule has 2 N–H and O–H groups in total. The van der Waals surface area contributed by atoms with E-state index in [-0.39, 0.29) is 11.2 Å². The second kappa shape index (κ2) is 7.09. The summed E-state index contributed by atoms with van der Waals surface area (Å²) in [5.74, 6) is 0.133. The molecule has 106 valence electrons. The van der Waals surface area contributed by atoms with E-state index < -0.39 is 0 Å². The van der Waals surface area contributed by atoms with Gasteiger partial charge < -0.3 is 10.6 Å². The summed E-state index contributed by atoms with van der Waals surface area (Å²) >= 11 is 3.06. The Labute approximate surface area is 122 Å². The maximum atomic E-state index is 11.9. The van der Waals surface area contributed by atoms with E-state index in [0.717, 1.165) is 41.7 Å². The molecular formula is C12H20N4OS2. The number of nitrogens with one attached hydrogen (secondary N) is 2. The Bertz CT molecular complexity index is 424. The van der Waals surface area contributed by atoms with Crippen LogP contribution in [0.25, 0.3) is 0 Å². The van der Waals surface area contributed by atoms with Gasteiger partial charge in [0.25, 0.3) is 0 Å². The van der Waals surface area contributed by atoms with E-state index in [2.05, 4.69) is 34.7 Å². The standard InChI is InChI=1S/C12H20N4OS2/c1-3-8(2)14-11-15-16-12(19-11)18-9-6-4-5-7-13-10(9)17/h8-9H,3-7H2,1-2H3,(H,13,17)(H,14,15)/t8-,9+/m0/s1. The molecule has 1 fully saturated rings. The SMILES string of the molecule is CC[C@H](C)Nc1nnc(S[C@@H]2CCCCNC2=O)s1. The maximum absolute atomic E-state index is 11.9. The van der Waals surface area contributed by atoms with E-state index in [0.29, 0.717) is 6.04 Å². The summed E-state index contributed by atoms with van der Waals surface area (Å²) in [5, 5.41) is 15.3. The van der Waals surface area contributed by atoms with E-state index in [4.69, 9.17) is 0 Å². The third-order valence-electron chi connectivity index (χ3n) is 3.12. The number of aromatic nitrogens is 2. The molecule has 2 heterocycles. The highest BCUT2D eigenvalue weighted by molar-refractivity contribution is 8.02. The van der Waals surface area contributed by atoms with Crippen LogP contribution in [0.15, 0.2) is 4.34 Å². The maximum Gasteiger partial charge on any atom is 0.233 e. The van der Waals surface area contributed by atoms with E-state index >= 15 is 0 Å². The van der Waals surface area contributed by atoms with Gasteiger partial charge in [-0.25, -0.2) is 0 Å². The van der Waals surface area contributed by atoms with E-state index in [1.54, 1.807) is 0 Å². The van der Waals surface area contributed by atoms with Gasteiger partial charge in [-0.05, 0) is 26.2 Å². The van der Waals surface area contributed by atoms with Crippen molar-refractivity contribution in [1.82, 2.24) is 15.5 Å². The predicted molar refractivity (Wildman–Crippen MR) is 79.8 cm³/mol. The first kappa shape index (κ1) is 14.6. The highest BCUT2D eigenvalue weighted by atomic mass is 32.2. The Morgan fingerprint density at radius 1 is 1.53 bits per heavy atom. The number of amides is 1. The predicted octanol–water partition coefficient (Wildman–Crippen LogP) is 2.51. The van der Waals surface area contributed by atoms with Crippen molar-refractivity contribution in [3.05, 3.63) is 0 Å². The summed E-state index contributed by atoms with van der Waals surface area (Å²) < 4.78 is 0.868. The molecule has 1 aromatic heterocycles. The molecule has 7 heteroatoms. The van der Waals surface area contributed by atoms with Gasteiger partial charge in [0.05, 0.1) is 5.25 Å². The number of anilines is 1. The summed E-state index contributed by atoms with van der Waals surface area (Å²) in [6.07, 6.45) is 4.13. The molecule has 1 amide bonds. The van der Waals surface area contributed by atoms with Crippen LogP contribution in [-0.2, 0) is 4.79 Å². The van der Waals surface area contributed by atoms with Crippen LogP contribution in [0.5, 0.6) is 0 Å². The number of nitrogens with zero attached hydrogens (tertiary/aromatic N) is 2. The number of hydrogen-bond donors (Lipinski definition) is 2. The molecule has 0 aliphatic carbocycles. The number of hydrogen-bond acceptors (Lipinski definition) is 6. The van der Waals surface area contributed by atoms with Gasteiger partial charge in [0, 0.05) is 12.6 Å². The van der Waals surface area contributed by atoms with Gasteiger partial charge in [-0.15, -0.1) is 10.2 Å². The number of rotatable bonds is 5. The molecule has 19 heavy (non-hydrogen) atoms. The molecule has 2 rings (SSSR count). The molecule has 1 aliphatic heterocycles. The molecule has 1 saturated heterocycles. The molecule has 0 aromatic carbocycles. The third kappa shape index (κ3) is 4.35. The lowest BCUT2D eigenvalue weighted by Crippen LogP contribution is -2.30. The van der Waals surface area contributed by atoms with Crippen LogP contribution in [0, 0.1) is 0 Å². The van der Waals surface area contributed by atoms with Crippen molar-refractivity contribution in [1.29, 1.82) is 0 Å². The fourth-order valence-corrected chi connectivity index (χ4v) is 3.95. The number of carbonyl (C=O) groups excluding carboxylic acids is 1. The first-order valence-corrected chi connectivity index (χ1v) is 8.43. The van der Waals surface area contributed by atoms with Gasteiger partial charge in [0.1, 0.15) is 0 Å². The van der Waals surface area contributed by atoms with Gasteiger partial charge >= 0.3 is 0 Å². The second-order valence-corrected chi connectivity index (χ2v) is 7.15. The van der Waals surface area contributed by atoms with E-state index in [9.17, 15) is 4.79 Å². The molecule has 2 atom stereocenters. The third-order valence-corrected chi connectivity index (χ3v) is 5.32. The zero-order valence-electron chi connectivity index (χ0n) is 11.3. The molecule has 5 nitrogen and oxygen atoms in total. The molecular weight excluding hydrogens is 280 g/mol. The largest absolute Gasteiger partial charge is 0.358 e. The lowest BCUT2D eigenvalue weighted by Gasteiger charge is -2.10. The fraction of sp³-hybridized carbons (Fsp3) is 0.750. The Morgan fingerprint density at radius 3 is 3.16 bits per heavy atom. The van der Waals surface area contributed by atoms with Crippen LogP contribution in [0.3, 0.4) is 0 Å². The van der Waals surface area contributed by atoms with Crippen molar-refractivity contribution in [2.45, 2.75) is 55.2 Å². The van der Waals surface area contributed by atoms with Crippen molar-refractivity contribution >= 4 is 34.1 Å². The topological polar surface area (TPSA) is 66.9 Å². The first-order valence-electron chi connectivity index (χ1n) is 6.73. The Morgan fingerprint density at radius 2 is 2.37 bits per heavy atom. The average Bonchev–Trinajstić information content (AvgIpc) is 2.73. The first-order chi connectivity index (χ1) is 9.19. The highest BCUT2D eigenvalue weighted by Gasteiger charge is 2.23. The molecule has 1 aromatic rings. The zero-order valence-corrected chi connectivity index (χ0v) is 12.9. The van der Waals surface area contributed by atoms with E-state index in [1.165, 1.54) is 23.1 Å². The monoisotopic (exact) mass is 300 g/mol. The fourth-order valence-electron chi connectivity index (χ4n) is 1.77. The summed E-state index contributed by atoms with van der Waals surface area (Å²) in [6, 6.07) is 0.395. The molecule has 0 bridgehead atoms. The van der Waals surface area contributed by atoms with Crippen LogP contribution >= 0.6 is 23.1 Å². The summed E-state index contributed by atoms with van der Waals surface area (Å²) in [5.41, 5.74) is 0. The Hall–Kier alpha value is -0.820. The molecule has 0 radical (unpaired) electrons. The van der Waals surface area contributed by atoms with Gasteiger partial charge in [-0.2, -0.15) is 0 Å². The zero-order chi connectivity index (χ0) is 13.7. The van der Waals surface area contributed by atoms with E-state index in [1.807, 2.05) is 0 Å². The molecule has 1 aliphatic rings. The molecule has 0 saturated carbocycles. The minimum Gasteiger partial charge on any atom is -0.358 e. The van der Waals surface area contributed by atoms with Crippen molar-refractivity contribution in [3.63, 3.8) is 0 Å². The molecule has 0 spiro atoms. The van der Waals surface area contributed by atoms with Crippen LogP contribution in [0.1, 0.15) is 39.5 Å². The smallest absolute Gasteiger partial charge is 0.233 e. The normalized spacial score (nSPS) is 21.6. The van der Waals surface area contributed by atoms with Gasteiger partial charge in [-0.3, -0.25) is 4.79 Å².